The van der Waals surface area contributed by atoms with Gasteiger partial charge in [0, 0.05) is 25.8 Å². The zero-order valence-corrected chi connectivity index (χ0v) is 12.0. The third-order valence-corrected chi connectivity index (χ3v) is 3.47. The highest BCUT2D eigenvalue weighted by atomic mass is 19.3. The summed E-state index contributed by atoms with van der Waals surface area (Å²) in [6, 6.07) is 10.0. The third kappa shape index (κ3) is 4.39. The van der Waals surface area contributed by atoms with Crippen molar-refractivity contribution in [2.24, 2.45) is 0 Å². The van der Waals surface area contributed by atoms with Crippen LogP contribution in [0.4, 0.5) is 14.5 Å². The SMILES string of the molecule is CN(CCCNCC1CC(F)(F)C(=O)O1)c1ccccc1. The summed E-state index contributed by atoms with van der Waals surface area (Å²) >= 11 is 0. The average molecular weight is 298 g/mol. The van der Waals surface area contributed by atoms with Gasteiger partial charge in [-0.1, -0.05) is 18.2 Å². The molecular formula is C15H20F2N2O2. The second-order valence-corrected chi connectivity index (χ2v) is 5.25. The molecule has 21 heavy (non-hydrogen) atoms. The molecule has 1 aliphatic rings. The number of benzene rings is 1. The number of carbonyl (C=O) groups is 1. The fraction of sp³-hybridized carbons (Fsp3) is 0.533. The summed E-state index contributed by atoms with van der Waals surface area (Å²) < 4.78 is 30.5. The van der Waals surface area contributed by atoms with Crippen LogP contribution in [-0.4, -0.2) is 44.7 Å². The first-order valence-corrected chi connectivity index (χ1v) is 7.05. The number of anilines is 1. The standard InChI is InChI=1S/C15H20F2N2O2/c1-19(12-6-3-2-4-7-12)9-5-8-18-11-13-10-15(16,17)14(20)21-13/h2-4,6-7,13,18H,5,8-11H2,1H3. The van der Waals surface area contributed by atoms with Crippen molar-refractivity contribution in [1.29, 1.82) is 0 Å². The van der Waals surface area contributed by atoms with E-state index in [2.05, 4.69) is 15.0 Å². The van der Waals surface area contributed by atoms with Gasteiger partial charge < -0.3 is 15.0 Å². The monoisotopic (exact) mass is 298 g/mol. The first-order valence-electron chi connectivity index (χ1n) is 7.05. The van der Waals surface area contributed by atoms with Gasteiger partial charge in [-0.15, -0.1) is 0 Å². The second kappa shape index (κ2) is 6.85. The van der Waals surface area contributed by atoms with Gasteiger partial charge in [-0.25, -0.2) is 4.79 Å². The summed E-state index contributed by atoms with van der Waals surface area (Å²) in [5.74, 6) is -4.72. The molecule has 1 fully saturated rings. The maximum absolute atomic E-state index is 12.9. The maximum atomic E-state index is 12.9. The van der Waals surface area contributed by atoms with Crippen LogP contribution >= 0.6 is 0 Å². The maximum Gasteiger partial charge on any atom is 0.377 e. The molecule has 0 aliphatic carbocycles. The first-order chi connectivity index (χ1) is 9.99. The Kier molecular flexibility index (Phi) is 5.12. The summed E-state index contributed by atoms with van der Waals surface area (Å²) in [6.07, 6.45) is -0.370. The van der Waals surface area contributed by atoms with E-state index in [0.717, 1.165) is 18.7 Å². The van der Waals surface area contributed by atoms with Crippen molar-refractivity contribution in [2.45, 2.75) is 24.9 Å². The second-order valence-electron chi connectivity index (χ2n) is 5.25. The molecule has 4 nitrogen and oxygen atoms in total. The molecule has 1 heterocycles. The van der Waals surface area contributed by atoms with Gasteiger partial charge in [0.15, 0.2) is 0 Å². The van der Waals surface area contributed by atoms with Crippen molar-refractivity contribution in [2.75, 3.05) is 31.6 Å². The van der Waals surface area contributed by atoms with Crippen molar-refractivity contribution in [3.63, 3.8) is 0 Å². The van der Waals surface area contributed by atoms with Crippen LogP contribution in [0.15, 0.2) is 30.3 Å². The first kappa shape index (κ1) is 15.7. The third-order valence-electron chi connectivity index (χ3n) is 3.47. The number of para-hydroxylation sites is 1. The van der Waals surface area contributed by atoms with Gasteiger partial charge in [-0.05, 0) is 25.1 Å². The number of alkyl halides is 2. The molecule has 1 N–H and O–H groups in total. The van der Waals surface area contributed by atoms with Gasteiger partial charge in [-0.3, -0.25) is 0 Å². The molecule has 1 saturated heterocycles. The van der Waals surface area contributed by atoms with Gasteiger partial charge in [-0.2, -0.15) is 8.78 Å². The highest BCUT2D eigenvalue weighted by molar-refractivity contribution is 5.79. The highest BCUT2D eigenvalue weighted by Crippen LogP contribution is 2.30. The largest absolute Gasteiger partial charge is 0.456 e. The van der Waals surface area contributed by atoms with E-state index in [1.165, 1.54) is 0 Å². The van der Waals surface area contributed by atoms with Gasteiger partial charge >= 0.3 is 11.9 Å². The molecule has 1 aliphatic heterocycles. The number of hydrogen-bond acceptors (Lipinski definition) is 4. The molecule has 1 atom stereocenters. The summed E-state index contributed by atoms with van der Waals surface area (Å²) in [5, 5.41) is 3.06. The molecule has 1 unspecified atom stereocenters. The molecule has 6 heteroatoms. The summed E-state index contributed by atoms with van der Waals surface area (Å²) in [6.45, 7) is 1.82. The fourth-order valence-corrected chi connectivity index (χ4v) is 2.28. The van der Waals surface area contributed by atoms with Crippen LogP contribution in [0.25, 0.3) is 0 Å². The van der Waals surface area contributed by atoms with E-state index >= 15 is 0 Å². The number of nitrogens with zero attached hydrogens (tertiary/aromatic N) is 1. The lowest BCUT2D eigenvalue weighted by Gasteiger charge is -2.19. The van der Waals surface area contributed by atoms with E-state index in [1.807, 2.05) is 37.4 Å². The van der Waals surface area contributed by atoms with E-state index in [4.69, 9.17) is 0 Å². The van der Waals surface area contributed by atoms with Crippen molar-refractivity contribution in [1.82, 2.24) is 5.32 Å². The molecule has 0 saturated carbocycles. The number of cyclic esters (lactones) is 1. The van der Waals surface area contributed by atoms with Gasteiger partial charge in [0.25, 0.3) is 0 Å². The Morgan fingerprint density at radius 2 is 2.10 bits per heavy atom. The fourth-order valence-electron chi connectivity index (χ4n) is 2.28. The Balaban J connectivity index is 1.60. The van der Waals surface area contributed by atoms with Crippen LogP contribution in [0, 0.1) is 0 Å². The molecule has 116 valence electrons. The lowest BCUT2D eigenvalue weighted by molar-refractivity contribution is -0.158. The molecule has 0 aromatic heterocycles. The molecule has 0 bridgehead atoms. The number of halogens is 2. The average Bonchev–Trinajstić information content (AvgIpc) is 2.72. The summed E-state index contributed by atoms with van der Waals surface area (Å²) in [7, 11) is 2.01. The number of carbonyl (C=O) groups excluding carboxylic acids is 1. The Bertz CT molecular complexity index is 468. The topological polar surface area (TPSA) is 41.6 Å². The molecule has 2 rings (SSSR count). The number of hydrogen-bond donors (Lipinski definition) is 1. The smallest absolute Gasteiger partial charge is 0.377 e. The van der Waals surface area contributed by atoms with E-state index in [-0.39, 0.29) is 6.54 Å². The van der Waals surface area contributed by atoms with Gasteiger partial charge in [0.1, 0.15) is 6.10 Å². The Morgan fingerprint density at radius 3 is 2.71 bits per heavy atom. The van der Waals surface area contributed by atoms with E-state index in [1.54, 1.807) is 0 Å². The minimum atomic E-state index is -3.32. The normalized spacial score (nSPS) is 20.3. The van der Waals surface area contributed by atoms with Crippen LogP contribution < -0.4 is 10.2 Å². The number of nitrogens with one attached hydrogen (secondary N) is 1. The predicted molar refractivity (Wildman–Crippen MR) is 76.6 cm³/mol. The lowest BCUT2D eigenvalue weighted by atomic mass is 10.2. The number of ether oxygens (including phenoxy) is 1. The van der Waals surface area contributed by atoms with Crippen LogP contribution in [0.2, 0.25) is 0 Å². The van der Waals surface area contributed by atoms with E-state index in [0.29, 0.717) is 6.54 Å². The van der Waals surface area contributed by atoms with Crippen LogP contribution in [0.5, 0.6) is 0 Å². The molecular weight excluding hydrogens is 278 g/mol. The van der Waals surface area contributed by atoms with E-state index in [9.17, 15) is 13.6 Å². The lowest BCUT2D eigenvalue weighted by Crippen LogP contribution is -2.30. The Morgan fingerprint density at radius 1 is 1.38 bits per heavy atom. The van der Waals surface area contributed by atoms with Crippen LogP contribution in [-0.2, 0) is 9.53 Å². The van der Waals surface area contributed by atoms with E-state index < -0.39 is 24.4 Å². The Labute approximate surface area is 123 Å². The van der Waals surface area contributed by atoms with Crippen LogP contribution in [0.1, 0.15) is 12.8 Å². The van der Waals surface area contributed by atoms with Crippen LogP contribution in [0.3, 0.4) is 0 Å². The minimum Gasteiger partial charge on any atom is -0.456 e. The van der Waals surface area contributed by atoms with Crippen molar-refractivity contribution in [3.8, 4) is 0 Å². The molecule has 0 spiro atoms. The number of rotatable bonds is 7. The van der Waals surface area contributed by atoms with Crippen molar-refractivity contribution in [3.05, 3.63) is 30.3 Å². The predicted octanol–water partition coefficient (Wildman–Crippen LogP) is 2.05. The molecule has 1 aromatic carbocycles. The molecule has 1 aromatic rings. The number of esters is 1. The molecule has 0 amide bonds. The Hall–Kier alpha value is -1.69. The summed E-state index contributed by atoms with van der Waals surface area (Å²) in [5.41, 5.74) is 1.14. The van der Waals surface area contributed by atoms with Gasteiger partial charge in [0.05, 0.1) is 6.42 Å². The summed E-state index contributed by atoms with van der Waals surface area (Å²) in [4.78, 5) is 13.0. The zero-order valence-electron chi connectivity index (χ0n) is 12.0. The minimum absolute atomic E-state index is 0.274. The molecule has 0 radical (unpaired) electrons. The van der Waals surface area contributed by atoms with Crippen molar-refractivity contribution < 1.29 is 18.3 Å². The zero-order chi connectivity index (χ0) is 15.3. The van der Waals surface area contributed by atoms with Crippen molar-refractivity contribution >= 4 is 11.7 Å². The van der Waals surface area contributed by atoms with Gasteiger partial charge in [0.2, 0.25) is 0 Å². The quantitative estimate of drug-likeness (QED) is 0.618. The highest BCUT2D eigenvalue weighted by Gasteiger charge is 2.50.